The Morgan fingerprint density at radius 1 is 1.41 bits per heavy atom. The van der Waals surface area contributed by atoms with Gasteiger partial charge in [-0.1, -0.05) is 6.92 Å². The first kappa shape index (κ1) is 13.9. The molecule has 1 aliphatic heterocycles. The van der Waals surface area contributed by atoms with Gasteiger partial charge in [-0.05, 0) is 20.4 Å². The number of carbonyl (C=O) groups excluding carboxylic acids is 1. The van der Waals surface area contributed by atoms with Crippen LogP contribution in [-0.4, -0.2) is 48.3 Å². The molecule has 0 aromatic carbocycles. The number of carboxylic acid groups (broad SMARTS) is 1. The van der Waals surface area contributed by atoms with Crippen LogP contribution in [0.15, 0.2) is 0 Å². The Hall–Kier alpha value is -1.14. The lowest BCUT2D eigenvalue weighted by atomic mass is 10.00. The molecular weight excluding hydrogens is 224 g/mol. The van der Waals surface area contributed by atoms with Crippen LogP contribution in [-0.2, 0) is 14.3 Å². The molecule has 6 nitrogen and oxygen atoms in total. The quantitative estimate of drug-likeness (QED) is 0.612. The van der Waals surface area contributed by atoms with Crippen LogP contribution < -0.4 is 10.6 Å². The number of likely N-dealkylation sites (N-methyl/N-ethyl adjacent to an activating group) is 1. The van der Waals surface area contributed by atoms with E-state index in [1.807, 2.05) is 6.92 Å². The summed E-state index contributed by atoms with van der Waals surface area (Å²) in [4.78, 5) is 22.9. The van der Waals surface area contributed by atoms with E-state index in [0.717, 1.165) is 0 Å². The molecular formula is C11H20N2O4. The zero-order valence-corrected chi connectivity index (χ0v) is 10.4. The van der Waals surface area contributed by atoms with Crippen molar-refractivity contribution >= 4 is 11.9 Å². The van der Waals surface area contributed by atoms with Gasteiger partial charge < -0.3 is 20.5 Å². The number of amides is 1. The number of ether oxygens (including phenoxy) is 1. The minimum atomic E-state index is -0.936. The summed E-state index contributed by atoms with van der Waals surface area (Å²) < 4.78 is 5.09. The van der Waals surface area contributed by atoms with Gasteiger partial charge in [-0.2, -0.15) is 0 Å². The third-order valence-electron chi connectivity index (χ3n) is 2.90. The first-order chi connectivity index (χ1) is 7.88. The van der Waals surface area contributed by atoms with Crippen molar-refractivity contribution in [3.63, 3.8) is 0 Å². The molecule has 0 aliphatic carbocycles. The van der Waals surface area contributed by atoms with Crippen LogP contribution in [0.3, 0.4) is 0 Å². The number of rotatable bonds is 5. The minimum Gasteiger partial charge on any atom is -0.481 e. The van der Waals surface area contributed by atoms with Gasteiger partial charge in [-0.3, -0.25) is 9.59 Å². The molecule has 1 rings (SSSR count). The summed E-state index contributed by atoms with van der Waals surface area (Å²) in [5.74, 6) is -1.80. The average molecular weight is 244 g/mol. The third-order valence-corrected chi connectivity index (χ3v) is 2.90. The largest absolute Gasteiger partial charge is 0.481 e. The second-order valence-corrected chi connectivity index (χ2v) is 4.72. The molecule has 0 aromatic heterocycles. The molecule has 98 valence electrons. The van der Waals surface area contributed by atoms with Gasteiger partial charge in [0.15, 0.2) is 0 Å². The van der Waals surface area contributed by atoms with Crippen molar-refractivity contribution in [2.45, 2.75) is 32.4 Å². The summed E-state index contributed by atoms with van der Waals surface area (Å²) in [5.41, 5.74) is -0.708. The topological polar surface area (TPSA) is 87.7 Å². The van der Waals surface area contributed by atoms with E-state index in [-0.39, 0.29) is 19.1 Å². The lowest BCUT2D eigenvalue weighted by molar-refractivity contribution is -0.142. The highest BCUT2D eigenvalue weighted by molar-refractivity contribution is 5.86. The molecule has 1 heterocycles. The van der Waals surface area contributed by atoms with Gasteiger partial charge >= 0.3 is 5.97 Å². The van der Waals surface area contributed by atoms with Crippen molar-refractivity contribution < 1.29 is 19.4 Å². The van der Waals surface area contributed by atoms with E-state index in [9.17, 15) is 9.59 Å². The van der Waals surface area contributed by atoms with Crippen molar-refractivity contribution in [3.8, 4) is 0 Å². The van der Waals surface area contributed by atoms with Crippen LogP contribution in [0.1, 0.15) is 20.8 Å². The highest BCUT2D eigenvalue weighted by Gasteiger charge is 2.37. The smallest absolute Gasteiger partial charge is 0.311 e. The highest BCUT2D eigenvalue weighted by atomic mass is 16.5. The highest BCUT2D eigenvalue weighted by Crippen LogP contribution is 2.15. The Morgan fingerprint density at radius 3 is 2.59 bits per heavy atom. The molecule has 6 heteroatoms. The van der Waals surface area contributed by atoms with Crippen LogP contribution in [0, 0.1) is 5.92 Å². The Bertz CT molecular complexity index is 304. The Kier molecular flexibility index (Phi) is 4.47. The number of aliphatic carboxylic acids is 1. The standard InChI is InChI=1S/C11H20N2O4/c1-4-12-11(2,3)10(16)13-8-6-17-5-7(8)9(14)15/h7-8,12H,4-6H2,1-3H3,(H,13,16)(H,14,15). The third kappa shape index (κ3) is 3.41. The van der Waals surface area contributed by atoms with Gasteiger partial charge in [0.05, 0.1) is 24.8 Å². The number of hydrogen-bond acceptors (Lipinski definition) is 4. The molecule has 1 fully saturated rings. The maximum atomic E-state index is 12.0. The Balaban J connectivity index is 2.59. The molecule has 0 spiro atoms. The van der Waals surface area contributed by atoms with Crippen molar-refractivity contribution in [1.82, 2.24) is 10.6 Å². The summed E-state index contributed by atoms with van der Waals surface area (Å²) in [6.45, 7) is 6.51. The first-order valence-corrected chi connectivity index (χ1v) is 5.75. The van der Waals surface area contributed by atoms with Gasteiger partial charge in [0, 0.05) is 0 Å². The second-order valence-electron chi connectivity index (χ2n) is 4.72. The number of carboxylic acids is 1. The number of hydrogen-bond donors (Lipinski definition) is 3. The maximum absolute atomic E-state index is 12.0. The fourth-order valence-corrected chi connectivity index (χ4v) is 1.81. The van der Waals surface area contributed by atoms with Gasteiger partial charge in [-0.25, -0.2) is 0 Å². The summed E-state index contributed by atoms with van der Waals surface area (Å²) in [6.07, 6.45) is 0. The van der Waals surface area contributed by atoms with Crippen molar-refractivity contribution in [2.24, 2.45) is 5.92 Å². The summed E-state index contributed by atoms with van der Waals surface area (Å²) >= 11 is 0. The molecule has 0 saturated carbocycles. The van der Waals surface area contributed by atoms with E-state index in [1.54, 1.807) is 13.8 Å². The molecule has 17 heavy (non-hydrogen) atoms. The minimum absolute atomic E-state index is 0.155. The maximum Gasteiger partial charge on any atom is 0.311 e. The normalized spacial score (nSPS) is 24.6. The van der Waals surface area contributed by atoms with E-state index in [1.165, 1.54) is 0 Å². The molecule has 3 N–H and O–H groups in total. The van der Waals surface area contributed by atoms with Crippen LogP contribution in [0.25, 0.3) is 0 Å². The molecule has 0 aromatic rings. The van der Waals surface area contributed by atoms with E-state index in [0.29, 0.717) is 6.54 Å². The molecule has 0 bridgehead atoms. The van der Waals surface area contributed by atoms with Crippen molar-refractivity contribution in [2.75, 3.05) is 19.8 Å². The van der Waals surface area contributed by atoms with E-state index in [2.05, 4.69) is 10.6 Å². The molecule has 2 unspecified atom stereocenters. The van der Waals surface area contributed by atoms with Crippen molar-refractivity contribution in [1.29, 1.82) is 0 Å². The summed E-state index contributed by atoms with van der Waals surface area (Å²) in [5, 5.41) is 14.7. The summed E-state index contributed by atoms with van der Waals surface area (Å²) in [6, 6.07) is -0.446. The van der Waals surface area contributed by atoms with Crippen molar-refractivity contribution in [3.05, 3.63) is 0 Å². The Labute approximate surface area is 101 Å². The zero-order valence-electron chi connectivity index (χ0n) is 10.4. The first-order valence-electron chi connectivity index (χ1n) is 5.75. The van der Waals surface area contributed by atoms with Gasteiger partial charge in [-0.15, -0.1) is 0 Å². The van der Waals surface area contributed by atoms with Crippen LogP contribution in [0.4, 0.5) is 0 Å². The molecule has 1 amide bonds. The van der Waals surface area contributed by atoms with Crippen LogP contribution >= 0.6 is 0 Å². The molecule has 0 radical (unpaired) electrons. The summed E-state index contributed by atoms with van der Waals surface area (Å²) in [7, 11) is 0. The fourth-order valence-electron chi connectivity index (χ4n) is 1.81. The van der Waals surface area contributed by atoms with Gasteiger partial charge in [0.25, 0.3) is 0 Å². The zero-order chi connectivity index (χ0) is 13.1. The Morgan fingerprint density at radius 2 is 2.06 bits per heavy atom. The van der Waals surface area contributed by atoms with E-state index in [4.69, 9.17) is 9.84 Å². The van der Waals surface area contributed by atoms with E-state index >= 15 is 0 Å². The molecule has 1 aliphatic rings. The predicted molar refractivity (Wildman–Crippen MR) is 61.6 cm³/mol. The lowest BCUT2D eigenvalue weighted by Crippen LogP contribution is -2.56. The average Bonchev–Trinajstić information content (AvgIpc) is 2.65. The van der Waals surface area contributed by atoms with Gasteiger partial charge in [0.1, 0.15) is 5.92 Å². The van der Waals surface area contributed by atoms with Crippen LogP contribution in [0.2, 0.25) is 0 Å². The molecule has 1 saturated heterocycles. The van der Waals surface area contributed by atoms with Crippen LogP contribution in [0.5, 0.6) is 0 Å². The lowest BCUT2D eigenvalue weighted by Gasteiger charge is -2.27. The fraction of sp³-hybridized carbons (Fsp3) is 0.818. The number of nitrogens with one attached hydrogen (secondary N) is 2. The second kappa shape index (κ2) is 5.46. The number of carbonyl (C=O) groups is 2. The predicted octanol–water partition coefficient (Wildman–Crippen LogP) is -0.410. The SMILES string of the molecule is CCNC(C)(C)C(=O)NC1COCC1C(=O)O. The van der Waals surface area contributed by atoms with E-state index < -0.39 is 23.5 Å². The monoisotopic (exact) mass is 244 g/mol. The molecule has 2 atom stereocenters. The van der Waals surface area contributed by atoms with Gasteiger partial charge in [0.2, 0.25) is 5.91 Å².